The Morgan fingerprint density at radius 3 is 2.45 bits per heavy atom. The number of rotatable bonds is 6. The van der Waals surface area contributed by atoms with E-state index in [-0.39, 0.29) is 23.6 Å². The largest absolute Gasteiger partial charge is 0.493 e. The van der Waals surface area contributed by atoms with Crippen molar-refractivity contribution in [3.8, 4) is 11.5 Å². The molecular formula is C22H24N2O5. The monoisotopic (exact) mass is 396 g/mol. The van der Waals surface area contributed by atoms with Crippen molar-refractivity contribution < 1.29 is 19.2 Å². The fourth-order valence-electron chi connectivity index (χ4n) is 4.16. The van der Waals surface area contributed by atoms with Crippen molar-refractivity contribution >= 4 is 17.3 Å². The van der Waals surface area contributed by atoms with E-state index in [1.165, 1.54) is 25.0 Å². The predicted molar refractivity (Wildman–Crippen MR) is 109 cm³/mol. The van der Waals surface area contributed by atoms with E-state index >= 15 is 0 Å². The lowest BCUT2D eigenvalue weighted by Gasteiger charge is -2.19. The first-order valence-electron chi connectivity index (χ1n) is 9.94. The number of carbonyl (C=O) groups is 1. The van der Waals surface area contributed by atoms with Crippen LogP contribution in [-0.4, -0.2) is 30.6 Å². The molecule has 0 unspecified atom stereocenters. The minimum atomic E-state index is -0.443. The Hall–Kier alpha value is -3.09. The number of hydrogen-bond donors (Lipinski definition) is 0. The second-order valence-electron chi connectivity index (χ2n) is 7.61. The molecule has 2 aromatic rings. The van der Waals surface area contributed by atoms with Gasteiger partial charge in [-0.25, -0.2) is 0 Å². The van der Waals surface area contributed by atoms with Crippen LogP contribution in [0.2, 0.25) is 0 Å². The maximum Gasteiger partial charge on any atom is 0.269 e. The van der Waals surface area contributed by atoms with Crippen molar-refractivity contribution in [3.63, 3.8) is 0 Å². The zero-order chi connectivity index (χ0) is 20.4. The number of nitro groups is 1. The number of non-ortho nitro benzene ring substituents is 1. The van der Waals surface area contributed by atoms with Crippen molar-refractivity contribution in [3.05, 3.63) is 58.1 Å². The Morgan fingerprint density at radius 1 is 1.07 bits per heavy atom. The van der Waals surface area contributed by atoms with Gasteiger partial charge in [0.05, 0.1) is 18.1 Å². The second-order valence-corrected chi connectivity index (χ2v) is 7.61. The van der Waals surface area contributed by atoms with Crippen molar-refractivity contribution in [1.29, 1.82) is 0 Å². The van der Waals surface area contributed by atoms with E-state index in [0.29, 0.717) is 24.4 Å². The van der Waals surface area contributed by atoms with Crippen LogP contribution in [-0.2, 0) is 4.79 Å². The summed E-state index contributed by atoms with van der Waals surface area (Å²) in [5.74, 6) is 1.49. The lowest BCUT2D eigenvalue weighted by molar-refractivity contribution is -0.384. The van der Waals surface area contributed by atoms with E-state index < -0.39 is 4.92 Å². The van der Waals surface area contributed by atoms with Gasteiger partial charge in [0.2, 0.25) is 5.91 Å². The van der Waals surface area contributed by atoms with Crippen LogP contribution in [0.1, 0.15) is 43.6 Å². The molecule has 1 atom stereocenters. The van der Waals surface area contributed by atoms with Crippen molar-refractivity contribution in [2.24, 2.45) is 0 Å². The lowest BCUT2D eigenvalue weighted by Crippen LogP contribution is -2.24. The Labute approximate surface area is 169 Å². The number of ether oxygens (including phenoxy) is 2. The summed E-state index contributed by atoms with van der Waals surface area (Å²) in [6.07, 6.45) is 5.11. The summed E-state index contributed by atoms with van der Waals surface area (Å²) >= 11 is 0. The van der Waals surface area contributed by atoms with Crippen molar-refractivity contribution in [2.75, 3.05) is 18.6 Å². The molecule has 29 heavy (non-hydrogen) atoms. The smallest absolute Gasteiger partial charge is 0.269 e. The summed E-state index contributed by atoms with van der Waals surface area (Å²) in [5, 5.41) is 10.8. The summed E-state index contributed by atoms with van der Waals surface area (Å²) in [6.45, 7) is 0.534. The fraction of sp³-hybridized carbons (Fsp3) is 0.409. The van der Waals surface area contributed by atoms with E-state index in [0.717, 1.165) is 24.2 Å². The molecule has 4 rings (SSSR count). The van der Waals surface area contributed by atoms with E-state index in [1.54, 1.807) is 24.1 Å². The fourth-order valence-corrected chi connectivity index (χ4v) is 4.16. The molecule has 0 N–H and O–H groups in total. The van der Waals surface area contributed by atoms with E-state index in [2.05, 4.69) is 0 Å². The normalized spacial score (nSPS) is 19.6. The average molecular weight is 396 g/mol. The molecule has 1 aliphatic carbocycles. The van der Waals surface area contributed by atoms with Gasteiger partial charge in [-0.05, 0) is 55.5 Å². The molecule has 2 aliphatic rings. The van der Waals surface area contributed by atoms with Crippen molar-refractivity contribution in [2.45, 2.75) is 44.1 Å². The molecule has 0 spiro atoms. The van der Waals surface area contributed by atoms with Gasteiger partial charge in [0.15, 0.2) is 11.5 Å². The van der Waals surface area contributed by atoms with Crippen LogP contribution in [0.4, 0.5) is 11.4 Å². The van der Waals surface area contributed by atoms with Crippen LogP contribution >= 0.6 is 0 Å². The SMILES string of the molecule is COc1ccc([C@H]2CC(=O)N(c3ccc([N+](=O)[O-])cc3)C2)cc1OC1CCCC1. The molecule has 0 radical (unpaired) electrons. The van der Waals surface area contributed by atoms with E-state index in [9.17, 15) is 14.9 Å². The highest BCUT2D eigenvalue weighted by Crippen LogP contribution is 2.38. The molecule has 1 heterocycles. The Morgan fingerprint density at radius 2 is 1.79 bits per heavy atom. The third-order valence-corrected chi connectivity index (χ3v) is 5.75. The quantitative estimate of drug-likeness (QED) is 0.532. The molecule has 0 bridgehead atoms. The number of methoxy groups -OCH3 is 1. The first kappa shape index (κ1) is 19.2. The van der Waals surface area contributed by atoms with Crippen LogP contribution in [0.15, 0.2) is 42.5 Å². The first-order chi connectivity index (χ1) is 14.0. The summed E-state index contributed by atoms with van der Waals surface area (Å²) in [6, 6.07) is 12.0. The Kier molecular flexibility index (Phi) is 5.38. The minimum absolute atomic E-state index is 0.0120. The number of carbonyl (C=O) groups excluding carboxylic acids is 1. The summed E-state index contributed by atoms with van der Waals surface area (Å²) in [5.41, 5.74) is 1.73. The molecule has 2 aromatic carbocycles. The van der Waals surface area contributed by atoms with Gasteiger partial charge in [-0.3, -0.25) is 14.9 Å². The molecule has 1 saturated heterocycles. The van der Waals surface area contributed by atoms with Gasteiger partial charge in [0.25, 0.3) is 5.69 Å². The lowest BCUT2D eigenvalue weighted by atomic mass is 9.98. The highest BCUT2D eigenvalue weighted by molar-refractivity contribution is 5.96. The van der Waals surface area contributed by atoms with Gasteiger partial charge in [0, 0.05) is 36.7 Å². The van der Waals surface area contributed by atoms with Crippen LogP contribution in [0.3, 0.4) is 0 Å². The third-order valence-electron chi connectivity index (χ3n) is 5.75. The molecule has 1 saturated carbocycles. The highest BCUT2D eigenvalue weighted by Gasteiger charge is 2.32. The van der Waals surface area contributed by atoms with Crippen LogP contribution < -0.4 is 14.4 Å². The predicted octanol–water partition coefficient (Wildman–Crippen LogP) is 4.45. The number of nitrogens with zero attached hydrogens (tertiary/aromatic N) is 2. The molecule has 1 aliphatic heterocycles. The highest BCUT2D eigenvalue weighted by atomic mass is 16.6. The number of hydrogen-bond acceptors (Lipinski definition) is 5. The molecule has 7 heteroatoms. The molecule has 0 aromatic heterocycles. The molecule has 152 valence electrons. The third kappa shape index (κ3) is 4.04. The summed E-state index contributed by atoms with van der Waals surface area (Å²) in [7, 11) is 1.63. The second kappa shape index (κ2) is 8.11. The zero-order valence-electron chi connectivity index (χ0n) is 16.4. The van der Waals surface area contributed by atoms with Gasteiger partial charge in [-0.2, -0.15) is 0 Å². The number of anilines is 1. The number of nitro benzene ring substituents is 1. The van der Waals surface area contributed by atoms with Crippen molar-refractivity contribution in [1.82, 2.24) is 0 Å². The van der Waals surface area contributed by atoms with Crippen LogP contribution in [0.5, 0.6) is 11.5 Å². The molecule has 1 amide bonds. The zero-order valence-corrected chi connectivity index (χ0v) is 16.4. The Bertz CT molecular complexity index is 906. The van der Waals surface area contributed by atoms with Gasteiger partial charge in [0.1, 0.15) is 0 Å². The van der Waals surface area contributed by atoms with E-state index in [1.807, 2.05) is 18.2 Å². The average Bonchev–Trinajstić information content (AvgIpc) is 3.37. The molecular weight excluding hydrogens is 372 g/mol. The maximum atomic E-state index is 12.6. The topological polar surface area (TPSA) is 81.9 Å². The Balaban J connectivity index is 1.52. The van der Waals surface area contributed by atoms with Gasteiger partial charge in [-0.15, -0.1) is 0 Å². The van der Waals surface area contributed by atoms with Crippen LogP contribution in [0, 0.1) is 10.1 Å². The summed E-state index contributed by atoms with van der Waals surface area (Å²) < 4.78 is 11.6. The number of amides is 1. The van der Waals surface area contributed by atoms with Crippen LogP contribution in [0.25, 0.3) is 0 Å². The van der Waals surface area contributed by atoms with Gasteiger partial charge < -0.3 is 14.4 Å². The maximum absolute atomic E-state index is 12.6. The first-order valence-corrected chi connectivity index (χ1v) is 9.94. The summed E-state index contributed by atoms with van der Waals surface area (Å²) in [4.78, 5) is 24.7. The van der Waals surface area contributed by atoms with E-state index in [4.69, 9.17) is 9.47 Å². The molecule has 2 fully saturated rings. The molecule has 7 nitrogen and oxygen atoms in total. The van der Waals surface area contributed by atoms with Gasteiger partial charge in [-0.1, -0.05) is 6.07 Å². The number of benzene rings is 2. The standard InChI is InChI=1S/C22H24N2O5/c1-28-20-11-6-15(12-21(20)29-19-4-2-3-5-19)16-13-22(25)23(14-16)17-7-9-18(10-8-17)24(26)27/h6-12,16,19H,2-5,13-14H2,1H3/t16-/m0/s1. The van der Waals surface area contributed by atoms with Gasteiger partial charge >= 0.3 is 0 Å². The minimum Gasteiger partial charge on any atom is -0.493 e.